The summed E-state index contributed by atoms with van der Waals surface area (Å²) >= 11 is 0. The van der Waals surface area contributed by atoms with Gasteiger partial charge in [-0.2, -0.15) is 0 Å². The molecule has 1 aliphatic rings. The quantitative estimate of drug-likeness (QED) is 0.746. The Hall–Kier alpha value is -2.36. The molecule has 0 saturated heterocycles. The molecule has 0 bridgehead atoms. The lowest BCUT2D eigenvalue weighted by Crippen LogP contribution is -2.12. The first kappa shape index (κ1) is 16.5. The van der Waals surface area contributed by atoms with E-state index in [0.29, 0.717) is 17.5 Å². The van der Waals surface area contributed by atoms with Crippen molar-refractivity contribution in [2.75, 3.05) is 5.32 Å². The highest BCUT2D eigenvalue weighted by Gasteiger charge is 2.34. The minimum Gasteiger partial charge on any atom is -0.327 e. The molecule has 1 saturated carbocycles. The van der Waals surface area contributed by atoms with Crippen molar-refractivity contribution >= 4 is 34.8 Å². The summed E-state index contributed by atoms with van der Waals surface area (Å²) in [7, 11) is 0. The molecule has 1 fully saturated rings. The second-order valence-electron chi connectivity index (χ2n) is 6.11. The maximum atomic E-state index is 12.6. The van der Waals surface area contributed by atoms with Crippen LogP contribution >= 0.6 is 12.4 Å². The number of rotatable bonds is 3. The topological polar surface area (TPSA) is 55.1 Å². The molecule has 1 amide bonds. The highest BCUT2D eigenvalue weighted by Crippen LogP contribution is 2.39. The van der Waals surface area contributed by atoms with Crippen LogP contribution in [0.5, 0.6) is 0 Å². The van der Waals surface area contributed by atoms with E-state index in [2.05, 4.69) is 17.4 Å². The van der Waals surface area contributed by atoms with Crippen molar-refractivity contribution in [3.63, 3.8) is 0 Å². The molecule has 3 N–H and O–H groups in total. The fourth-order valence-electron chi connectivity index (χ4n) is 3.03. The van der Waals surface area contributed by atoms with Crippen molar-refractivity contribution < 1.29 is 4.79 Å². The average molecular weight is 339 g/mol. The van der Waals surface area contributed by atoms with Gasteiger partial charge in [-0.1, -0.05) is 48.5 Å². The smallest absolute Gasteiger partial charge is 0.256 e. The van der Waals surface area contributed by atoms with E-state index in [1.54, 1.807) is 0 Å². The molecule has 0 spiro atoms. The lowest BCUT2D eigenvalue weighted by molar-refractivity contribution is 0.102. The highest BCUT2D eigenvalue weighted by molar-refractivity contribution is 6.12. The zero-order valence-corrected chi connectivity index (χ0v) is 13.9. The van der Waals surface area contributed by atoms with Gasteiger partial charge in [0.15, 0.2) is 0 Å². The number of nitrogens with two attached hydrogens (primary N) is 1. The van der Waals surface area contributed by atoms with Gasteiger partial charge in [0.2, 0.25) is 0 Å². The molecule has 3 aromatic rings. The fraction of sp³-hybridized carbons (Fsp3) is 0.150. The number of fused-ring (bicyclic) bond motifs is 1. The molecule has 4 heteroatoms. The van der Waals surface area contributed by atoms with Gasteiger partial charge in [-0.05, 0) is 41.0 Å². The Labute approximate surface area is 147 Å². The molecule has 0 unspecified atom stereocenters. The van der Waals surface area contributed by atoms with E-state index >= 15 is 0 Å². The minimum absolute atomic E-state index is 0. The van der Waals surface area contributed by atoms with Crippen LogP contribution in [-0.4, -0.2) is 11.9 Å². The van der Waals surface area contributed by atoms with Gasteiger partial charge in [0.25, 0.3) is 5.91 Å². The number of hydrogen-bond acceptors (Lipinski definition) is 2. The molecule has 2 atom stereocenters. The van der Waals surface area contributed by atoms with Crippen molar-refractivity contribution in [3.8, 4) is 0 Å². The zero-order valence-electron chi connectivity index (χ0n) is 13.1. The molecule has 122 valence electrons. The first-order chi connectivity index (χ1) is 11.2. The maximum Gasteiger partial charge on any atom is 0.256 e. The summed E-state index contributed by atoms with van der Waals surface area (Å²) < 4.78 is 0. The molecule has 0 radical (unpaired) electrons. The van der Waals surface area contributed by atoms with Gasteiger partial charge in [-0.15, -0.1) is 12.4 Å². The molecule has 24 heavy (non-hydrogen) atoms. The van der Waals surface area contributed by atoms with Crippen LogP contribution < -0.4 is 11.1 Å². The van der Waals surface area contributed by atoms with E-state index in [-0.39, 0.29) is 18.3 Å². The summed E-state index contributed by atoms with van der Waals surface area (Å²) in [6.45, 7) is 0. The molecule has 4 rings (SSSR count). The van der Waals surface area contributed by atoms with Crippen molar-refractivity contribution in [2.45, 2.75) is 18.4 Å². The van der Waals surface area contributed by atoms with Crippen LogP contribution in [-0.2, 0) is 0 Å². The van der Waals surface area contributed by atoms with Gasteiger partial charge >= 0.3 is 0 Å². The lowest BCUT2D eigenvalue weighted by Gasteiger charge is -2.09. The Balaban J connectivity index is 0.00000169. The van der Waals surface area contributed by atoms with Crippen LogP contribution in [0.4, 0.5) is 5.69 Å². The van der Waals surface area contributed by atoms with E-state index in [1.807, 2.05) is 54.6 Å². The molecule has 3 nitrogen and oxygen atoms in total. The summed E-state index contributed by atoms with van der Waals surface area (Å²) in [5.41, 5.74) is 8.62. The highest BCUT2D eigenvalue weighted by atomic mass is 35.5. The standard InChI is InChI=1S/C20H18N2O.ClH/c21-19-12-18(19)14-8-10-15(11-9-14)22-20(23)17-7-3-5-13-4-1-2-6-16(13)17;/h1-11,18-19H,12,21H2,(H,22,23);1H/t18-,19+;/m0./s1. The van der Waals surface area contributed by atoms with E-state index in [9.17, 15) is 4.79 Å². The van der Waals surface area contributed by atoms with Gasteiger partial charge in [-0.25, -0.2) is 0 Å². The average Bonchev–Trinajstić information content (AvgIpc) is 3.32. The number of carbonyl (C=O) groups is 1. The Morgan fingerprint density at radius 1 is 0.958 bits per heavy atom. The monoisotopic (exact) mass is 338 g/mol. The zero-order chi connectivity index (χ0) is 15.8. The molecule has 3 aromatic carbocycles. The molecule has 0 aliphatic heterocycles. The summed E-state index contributed by atoms with van der Waals surface area (Å²) in [6, 6.07) is 22.0. The van der Waals surface area contributed by atoms with Crippen molar-refractivity contribution in [2.24, 2.45) is 5.73 Å². The van der Waals surface area contributed by atoms with Crippen molar-refractivity contribution in [1.29, 1.82) is 0 Å². The molecular formula is C20H19ClN2O. The lowest BCUT2D eigenvalue weighted by atomic mass is 10.0. The molecule has 0 heterocycles. The van der Waals surface area contributed by atoms with Crippen molar-refractivity contribution in [1.82, 2.24) is 0 Å². The fourth-order valence-corrected chi connectivity index (χ4v) is 3.03. The normalized spacial score (nSPS) is 18.7. The number of hydrogen-bond donors (Lipinski definition) is 2. The second-order valence-corrected chi connectivity index (χ2v) is 6.11. The van der Waals surface area contributed by atoms with Gasteiger partial charge in [0.05, 0.1) is 0 Å². The number of benzene rings is 3. The SMILES string of the molecule is Cl.N[C@@H]1C[C@H]1c1ccc(NC(=O)c2cccc3ccccc23)cc1. The van der Waals surface area contributed by atoms with Crippen LogP contribution in [0.15, 0.2) is 66.7 Å². The van der Waals surface area contributed by atoms with Gasteiger partial charge in [0, 0.05) is 23.2 Å². The third kappa shape index (κ3) is 3.14. The van der Waals surface area contributed by atoms with E-state index < -0.39 is 0 Å². The first-order valence-corrected chi connectivity index (χ1v) is 7.87. The Morgan fingerprint density at radius 2 is 1.62 bits per heavy atom. The van der Waals surface area contributed by atoms with Crippen LogP contribution in [0.3, 0.4) is 0 Å². The number of amides is 1. The molecule has 0 aromatic heterocycles. The maximum absolute atomic E-state index is 12.6. The van der Waals surface area contributed by atoms with Crippen LogP contribution in [0.2, 0.25) is 0 Å². The number of anilines is 1. The van der Waals surface area contributed by atoms with E-state index in [0.717, 1.165) is 22.9 Å². The van der Waals surface area contributed by atoms with Crippen LogP contribution in [0, 0.1) is 0 Å². The summed E-state index contributed by atoms with van der Waals surface area (Å²) in [4.78, 5) is 12.6. The van der Waals surface area contributed by atoms with Crippen LogP contribution in [0.1, 0.15) is 28.3 Å². The summed E-state index contributed by atoms with van der Waals surface area (Å²) in [5.74, 6) is 0.399. The summed E-state index contributed by atoms with van der Waals surface area (Å²) in [5, 5.41) is 5.01. The largest absolute Gasteiger partial charge is 0.327 e. The second kappa shape index (κ2) is 6.63. The minimum atomic E-state index is -0.0855. The number of carbonyl (C=O) groups excluding carboxylic acids is 1. The third-order valence-corrected chi connectivity index (χ3v) is 4.47. The third-order valence-electron chi connectivity index (χ3n) is 4.47. The first-order valence-electron chi connectivity index (χ1n) is 7.87. The molecular weight excluding hydrogens is 320 g/mol. The Morgan fingerprint density at radius 3 is 2.33 bits per heavy atom. The Kier molecular flexibility index (Phi) is 4.56. The van der Waals surface area contributed by atoms with E-state index in [1.165, 1.54) is 5.56 Å². The number of nitrogens with one attached hydrogen (secondary N) is 1. The number of halogens is 1. The van der Waals surface area contributed by atoms with Gasteiger partial charge in [0.1, 0.15) is 0 Å². The summed E-state index contributed by atoms with van der Waals surface area (Å²) in [6.07, 6.45) is 1.06. The van der Waals surface area contributed by atoms with Gasteiger partial charge in [-0.3, -0.25) is 4.79 Å². The predicted octanol–water partition coefficient (Wildman–Crippen LogP) is 4.33. The predicted molar refractivity (Wildman–Crippen MR) is 101 cm³/mol. The Bertz CT molecular complexity index is 871. The van der Waals surface area contributed by atoms with Crippen molar-refractivity contribution in [3.05, 3.63) is 77.9 Å². The van der Waals surface area contributed by atoms with Crippen LogP contribution in [0.25, 0.3) is 10.8 Å². The van der Waals surface area contributed by atoms with Gasteiger partial charge < -0.3 is 11.1 Å². The molecule has 1 aliphatic carbocycles. The van der Waals surface area contributed by atoms with E-state index in [4.69, 9.17) is 5.73 Å².